The van der Waals surface area contributed by atoms with Gasteiger partial charge in [0.25, 0.3) is 0 Å². The number of nitrogens with two attached hydrogens (primary N) is 1. The third-order valence-electron chi connectivity index (χ3n) is 3.08. The summed E-state index contributed by atoms with van der Waals surface area (Å²) < 4.78 is 5.52. The lowest BCUT2D eigenvalue weighted by Gasteiger charge is -2.14. The number of rotatable bonds is 6. The van der Waals surface area contributed by atoms with Gasteiger partial charge in [-0.15, -0.1) is 11.8 Å². The number of ether oxygens (including phenoxy) is 1. The Hall–Kier alpha value is -1.45. The van der Waals surface area contributed by atoms with Gasteiger partial charge >= 0.3 is 0 Å². The van der Waals surface area contributed by atoms with E-state index in [1.54, 1.807) is 0 Å². The van der Waals surface area contributed by atoms with Gasteiger partial charge in [-0.2, -0.15) is 0 Å². The topological polar surface area (TPSA) is 35.2 Å². The van der Waals surface area contributed by atoms with Crippen LogP contribution in [0.4, 0.5) is 0 Å². The molecular formula is C17H21NOS. The molecule has 2 nitrogen and oxygen atoms in total. The molecule has 2 N–H and O–H groups in total. The maximum Gasteiger partial charge on any atom is 0.119 e. The minimum Gasteiger partial charge on any atom is -0.494 e. The molecular weight excluding hydrogens is 266 g/mol. The summed E-state index contributed by atoms with van der Waals surface area (Å²) >= 11 is 1.84. The number of hydrogen-bond acceptors (Lipinski definition) is 3. The average molecular weight is 287 g/mol. The highest BCUT2D eigenvalue weighted by atomic mass is 32.2. The van der Waals surface area contributed by atoms with Gasteiger partial charge in [0.05, 0.1) is 12.6 Å². The van der Waals surface area contributed by atoms with Gasteiger partial charge < -0.3 is 10.5 Å². The first kappa shape index (κ1) is 14.9. The molecule has 2 rings (SSSR count). The van der Waals surface area contributed by atoms with Crippen LogP contribution in [0, 0.1) is 0 Å². The standard InChI is InChI=1S/C17H21NOS/c1-3-19-15-7-5-6-14(12-15)17(18)13-8-10-16(11-9-13)20-4-2/h5-12,17H,3-4,18H2,1-2H3. The van der Waals surface area contributed by atoms with Gasteiger partial charge in [-0.25, -0.2) is 0 Å². The summed E-state index contributed by atoms with van der Waals surface area (Å²) in [6.07, 6.45) is 0. The molecule has 1 atom stereocenters. The Kier molecular flexibility index (Phi) is 5.50. The molecule has 0 aliphatic heterocycles. The van der Waals surface area contributed by atoms with Crippen molar-refractivity contribution in [1.29, 1.82) is 0 Å². The van der Waals surface area contributed by atoms with E-state index in [1.165, 1.54) is 4.90 Å². The molecule has 20 heavy (non-hydrogen) atoms. The van der Waals surface area contributed by atoms with E-state index in [1.807, 2.05) is 43.0 Å². The van der Waals surface area contributed by atoms with Crippen molar-refractivity contribution in [2.45, 2.75) is 24.8 Å². The first-order valence-electron chi connectivity index (χ1n) is 6.95. The van der Waals surface area contributed by atoms with Gasteiger partial charge in [0, 0.05) is 4.90 Å². The zero-order chi connectivity index (χ0) is 14.4. The molecule has 0 radical (unpaired) electrons. The van der Waals surface area contributed by atoms with Crippen LogP contribution in [0.15, 0.2) is 53.4 Å². The van der Waals surface area contributed by atoms with Crippen molar-refractivity contribution in [1.82, 2.24) is 0 Å². The van der Waals surface area contributed by atoms with Crippen LogP contribution in [0.3, 0.4) is 0 Å². The summed E-state index contributed by atoms with van der Waals surface area (Å²) in [7, 11) is 0. The lowest BCUT2D eigenvalue weighted by atomic mass is 9.99. The smallest absolute Gasteiger partial charge is 0.119 e. The van der Waals surface area contributed by atoms with E-state index in [2.05, 4.69) is 31.2 Å². The first-order chi connectivity index (χ1) is 9.74. The van der Waals surface area contributed by atoms with Gasteiger partial charge in [0.1, 0.15) is 5.75 Å². The Morgan fingerprint density at radius 2 is 1.80 bits per heavy atom. The predicted octanol–water partition coefficient (Wildman–Crippen LogP) is 4.25. The van der Waals surface area contributed by atoms with Crippen LogP contribution >= 0.6 is 11.8 Å². The molecule has 0 aliphatic carbocycles. The molecule has 0 aliphatic rings. The van der Waals surface area contributed by atoms with Crippen molar-refractivity contribution in [3.63, 3.8) is 0 Å². The fourth-order valence-corrected chi connectivity index (χ4v) is 2.76. The van der Waals surface area contributed by atoms with Crippen molar-refractivity contribution in [3.8, 4) is 5.75 Å². The quantitative estimate of drug-likeness (QED) is 0.807. The van der Waals surface area contributed by atoms with Gasteiger partial charge in [-0.05, 0) is 48.1 Å². The second-order valence-corrected chi connectivity index (χ2v) is 5.82. The monoisotopic (exact) mass is 287 g/mol. The van der Waals surface area contributed by atoms with E-state index in [0.717, 1.165) is 22.6 Å². The Labute approximate surface area is 125 Å². The molecule has 1 unspecified atom stereocenters. The van der Waals surface area contributed by atoms with E-state index in [0.29, 0.717) is 6.61 Å². The Bertz CT molecular complexity index is 539. The SMILES string of the molecule is CCOc1cccc(C(N)c2ccc(SCC)cc2)c1. The van der Waals surface area contributed by atoms with Crippen LogP contribution in [0.2, 0.25) is 0 Å². The highest BCUT2D eigenvalue weighted by Crippen LogP contribution is 2.25. The summed E-state index contributed by atoms with van der Waals surface area (Å²) in [6, 6.07) is 16.4. The van der Waals surface area contributed by atoms with Crippen molar-refractivity contribution in [3.05, 3.63) is 59.7 Å². The summed E-state index contributed by atoms with van der Waals surface area (Å²) in [4.78, 5) is 1.28. The van der Waals surface area contributed by atoms with Crippen LogP contribution in [0.25, 0.3) is 0 Å². The Balaban J connectivity index is 2.17. The number of benzene rings is 2. The molecule has 2 aromatic rings. The van der Waals surface area contributed by atoms with Crippen LogP contribution in [0.5, 0.6) is 5.75 Å². The number of thioether (sulfide) groups is 1. The van der Waals surface area contributed by atoms with Gasteiger partial charge in [0.2, 0.25) is 0 Å². The van der Waals surface area contributed by atoms with E-state index in [4.69, 9.17) is 10.5 Å². The third kappa shape index (κ3) is 3.78. The third-order valence-corrected chi connectivity index (χ3v) is 3.97. The normalized spacial score (nSPS) is 12.2. The molecule has 0 fully saturated rings. The number of hydrogen-bond donors (Lipinski definition) is 1. The van der Waals surface area contributed by atoms with Crippen molar-refractivity contribution < 1.29 is 4.74 Å². The highest BCUT2D eigenvalue weighted by molar-refractivity contribution is 7.99. The van der Waals surface area contributed by atoms with Gasteiger partial charge in [-0.1, -0.05) is 31.2 Å². The maximum atomic E-state index is 6.34. The maximum absolute atomic E-state index is 6.34. The van der Waals surface area contributed by atoms with E-state index < -0.39 is 0 Å². The molecule has 0 bridgehead atoms. The fourth-order valence-electron chi connectivity index (χ4n) is 2.09. The molecule has 0 spiro atoms. The average Bonchev–Trinajstić information content (AvgIpc) is 2.48. The summed E-state index contributed by atoms with van der Waals surface area (Å²) in [5.74, 6) is 1.96. The second-order valence-electron chi connectivity index (χ2n) is 4.49. The van der Waals surface area contributed by atoms with Crippen LogP contribution in [-0.2, 0) is 0 Å². The summed E-state index contributed by atoms with van der Waals surface area (Å²) in [5, 5.41) is 0. The lowest BCUT2D eigenvalue weighted by molar-refractivity contribution is 0.340. The Morgan fingerprint density at radius 1 is 1.05 bits per heavy atom. The van der Waals surface area contributed by atoms with E-state index in [9.17, 15) is 0 Å². The zero-order valence-corrected chi connectivity index (χ0v) is 12.8. The van der Waals surface area contributed by atoms with E-state index in [-0.39, 0.29) is 6.04 Å². The molecule has 0 aromatic heterocycles. The fraction of sp³-hybridized carbons (Fsp3) is 0.294. The van der Waals surface area contributed by atoms with Crippen molar-refractivity contribution in [2.24, 2.45) is 5.73 Å². The molecule has 2 aromatic carbocycles. The zero-order valence-electron chi connectivity index (χ0n) is 12.0. The lowest BCUT2D eigenvalue weighted by Crippen LogP contribution is -2.11. The predicted molar refractivity (Wildman–Crippen MR) is 86.5 cm³/mol. The largest absolute Gasteiger partial charge is 0.494 e. The summed E-state index contributed by atoms with van der Waals surface area (Å²) in [5.41, 5.74) is 8.54. The molecule has 106 valence electrons. The van der Waals surface area contributed by atoms with Gasteiger partial charge in [-0.3, -0.25) is 0 Å². The molecule has 0 amide bonds. The minimum atomic E-state index is -0.115. The van der Waals surface area contributed by atoms with Crippen LogP contribution < -0.4 is 10.5 Å². The highest BCUT2D eigenvalue weighted by Gasteiger charge is 2.09. The Morgan fingerprint density at radius 3 is 2.45 bits per heavy atom. The first-order valence-corrected chi connectivity index (χ1v) is 7.94. The van der Waals surface area contributed by atoms with Gasteiger partial charge in [0.15, 0.2) is 0 Å². The molecule has 0 heterocycles. The van der Waals surface area contributed by atoms with Crippen LogP contribution in [-0.4, -0.2) is 12.4 Å². The molecule has 0 saturated carbocycles. The van der Waals surface area contributed by atoms with E-state index >= 15 is 0 Å². The van der Waals surface area contributed by atoms with Crippen molar-refractivity contribution in [2.75, 3.05) is 12.4 Å². The van der Waals surface area contributed by atoms with Crippen molar-refractivity contribution >= 4 is 11.8 Å². The minimum absolute atomic E-state index is 0.115. The van der Waals surface area contributed by atoms with Crippen LogP contribution in [0.1, 0.15) is 31.0 Å². The summed E-state index contributed by atoms with van der Waals surface area (Å²) in [6.45, 7) is 4.81. The second kappa shape index (κ2) is 7.36. The molecule has 0 saturated heterocycles. The molecule has 3 heteroatoms.